The van der Waals surface area contributed by atoms with Gasteiger partial charge in [-0.1, -0.05) is 17.7 Å². The minimum absolute atomic E-state index is 0.0515. The molecule has 2 amide bonds. The van der Waals surface area contributed by atoms with Gasteiger partial charge in [0.15, 0.2) is 0 Å². The van der Waals surface area contributed by atoms with Crippen LogP contribution in [0.3, 0.4) is 0 Å². The molecule has 0 atom stereocenters. The second-order valence-corrected chi connectivity index (χ2v) is 6.85. The first kappa shape index (κ1) is 17.9. The molecule has 0 aliphatic heterocycles. The molecule has 0 unspecified atom stereocenters. The number of nitrogens with one attached hydrogen (secondary N) is 2. The highest BCUT2D eigenvalue weighted by atomic mass is 16.2. The first-order chi connectivity index (χ1) is 12.4. The molecule has 5 nitrogen and oxygen atoms in total. The standard InChI is InChI=1S/C21H23N3O2/c1-13-10-14(2)19(15(3)11-13)12-22-24-21(26)17-6-8-18(9-7-17)23-20(25)16-4-5-16/h6-12,16H,4-5H2,1-3H3,(H,23,25)(H,24,26). The van der Waals surface area contributed by atoms with Crippen LogP contribution in [-0.2, 0) is 4.79 Å². The van der Waals surface area contributed by atoms with Crippen molar-refractivity contribution >= 4 is 23.7 Å². The third kappa shape index (κ3) is 4.36. The molecule has 0 aromatic heterocycles. The highest BCUT2D eigenvalue weighted by Crippen LogP contribution is 2.30. The Morgan fingerprint density at radius 1 is 1.04 bits per heavy atom. The van der Waals surface area contributed by atoms with Crippen LogP contribution in [0.15, 0.2) is 41.5 Å². The van der Waals surface area contributed by atoms with Crippen LogP contribution in [0.2, 0.25) is 0 Å². The van der Waals surface area contributed by atoms with Gasteiger partial charge in [-0.15, -0.1) is 0 Å². The zero-order valence-corrected chi connectivity index (χ0v) is 15.3. The van der Waals surface area contributed by atoms with E-state index >= 15 is 0 Å². The number of hydrogen-bond donors (Lipinski definition) is 2. The number of hydrogen-bond acceptors (Lipinski definition) is 3. The fourth-order valence-electron chi connectivity index (χ4n) is 2.91. The second kappa shape index (κ2) is 7.52. The average Bonchev–Trinajstić information content (AvgIpc) is 3.42. The molecule has 0 radical (unpaired) electrons. The molecule has 2 aromatic carbocycles. The van der Waals surface area contributed by atoms with Gasteiger partial charge in [0.2, 0.25) is 5.91 Å². The number of carbonyl (C=O) groups is 2. The van der Waals surface area contributed by atoms with E-state index in [4.69, 9.17) is 0 Å². The molecular weight excluding hydrogens is 326 g/mol. The molecule has 1 fully saturated rings. The van der Waals surface area contributed by atoms with Gasteiger partial charge in [-0.05, 0) is 69.0 Å². The van der Waals surface area contributed by atoms with Crippen LogP contribution in [-0.4, -0.2) is 18.0 Å². The second-order valence-electron chi connectivity index (χ2n) is 6.85. The van der Waals surface area contributed by atoms with Crippen LogP contribution in [0.1, 0.15) is 45.5 Å². The first-order valence-corrected chi connectivity index (χ1v) is 8.76. The lowest BCUT2D eigenvalue weighted by atomic mass is 10.0. The van der Waals surface area contributed by atoms with Crippen LogP contribution < -0.4 is 10.7 Å². The van der Waals surface area contributed by atoms with Crippen LogP contribution in [0.25, 0.3) is 0 Å². The predicted molar refractivity (Wildman–Crippen MR) is 104 cm³/mol. The molecular formula is C21H23N3O2. The summed E-state index contributed by atoms with van der Waals surface area (Å²) < 4.78 is 0. The van der Waals surface area contributed by atoms with E-state index in [0.717, 1.165) is 29.5 Å². The largest absolute Gasteiger partial charge is 0.326 e. The van der Waals surface area contributed by atoms with Crippen molar-refractivity contribution in [2.75, 3.05) is 5.32 Å². The van der Waals surface area contributed by atoms with E-state index in [2.05, 4.69) is 34.9 Å². The summed E-state index contributed by atoms with van der Waals surface area (Å²) in [7, 11) is 0. The number of nitrogens with zero attached hydrogens (tertiary/aromatic N) is 1. The molecule has 2 N–H and O–H groups in total. The fourth-order valence-corrected chi connectivity index (χ4v) is 2.91. The van der Waals surface area contributed by atoms with Gasteiger partial charge in [-0.2, -0.15) is 5.10 Å². The van der Waals surface area contributed by atoms with Gasteiger partial charge in [-0.3, -0.25) is 9.59 Å². The predicted octanol–water partition coefficient (Wildman–Crippen LogP) is 3.72. The lowest BCUT2D eigenvalue weighted by Gasteiger charge is -2.07. The van der Waals surface area contributed by atoms with Crippen LogP contribution in [0.5, 0.6) is 0 Å². The molecule has 134 valence electrons. The summed E-state index contributed by atoms with van der Waals surface area (Å²) in [5, 5.41) is 6.93. The van der Waals surface area contributed by atoms with Crippen molar-refractivity contribution in [2.45, 2.75) is 33.6 Å². The van der Waals surface area contributed by atoms with E-state index in [1.54, 1.807) is 30.5 Å². The number of rotatable bonds is 5. The van der Waals surface area contributed by atoms with E-state index in [0.29, 0.717) is 11.3 Å². The Kier molecular flexibility index (Phi) is 5.16. The van der Waals surface area contributed by atoms with E-state index in [-0.39, 0.29) is 17.7 Å². The maximum absolute atomic E-state index is 12.2. The van der Waals surface area contributed by atoms with Gasteiger partial charge >= 0.3 is 0 Å². The first-order valence-electron chi connectivity index (χ1n) is 8.76. The summed E-state index contributed by atoms with van der Waals surface area (Å²) in [5.74, 6) is -0.0830. The van der Waals surface area contributed by atoms with E-state index in [1.807, 2.05) is 13.8 Å². The number of benzene rings is 2. The zero-order valence-electron chi connectivity index (χ0n) is 15.3. The van der Waals surface area contributed by atoms with Crippen LogP contribution in [0, 0.1) is 26.7 Å². The molecule has 26 heavy (non-hydrogen) atoms. The van der Waals surface area contributed by atoms with Crippen molar-refractivity contribution in [1.29, 1.82) is 0 Å². The molecule has 5 heteroatoms. The third-order valence-corrected chi connectivity index (χ3v) is 4.46. The summed E-state index contributed by atoms with van der Waals surface area (Å²) in [4.78, 5) is 23.9. The minimum Gasteiger partial charge on any atom is -0.326 e. The van der Waals surface area contributed by atoms with E-state index in [9.17, 15) is 9.59 Å². The monoisotopic (exact) mass is 349 g/mol. The molecule has 1 aliphatic rings. The van der Waals surface area contributed by atoms with Crippen molar-refractivity contribution in [2.24, 2.45) is 11.0 Å². The van der Waals surface area contributed by atoms with Crippen molar-refractivity contribution in [1.82, 2.24) is 5.43 Å². The number of carbonyl (C=O) groups excluding carboxylic acids is 2. The summed E-state index contributed by atoms with van der Waals surface area (Å²) in [5.41, 5.74) is 8.19. The number of aryl methyl sites for hydroxylation is 3. The van der Waals surface area contributed by atoms with Crippen molar-refractivity contribution in [3.63, 3.8) is 0 Å². The Morgan fingerprint density at radius 2 is 1.65 bits per heavy atom. The molecule has 0 spiro atoms. The molecule has 0 saturated heterocycles. The van der Waals surface area contributed by atoms with Crippen LogP contribution in [0.4, 0.5) is 5.69 Å². The van der Waals surface area contributed by atoms with Crippen molar-refractivity contribution in [3.05, 3.63) is 64.2 Å². The Bertz CT molecular complexity index is 842. The number of anilines is 1. The quantitative estimate of drug-likeness (QED) is 0.638. The number of hydrazone groups is 1. The van der Waals surface area contributed by atoms with Gasteiger partial charge in [-0.25, -0.2) is 5.43 Å². The molecule has 3 rings (SSSR count). The fraction of sp³-hybridized carbons (Fsp3) is 0.286. The normalized spacial score (nSPS) is 13.7. The Labute approximate surface area is 153 Å². The van der Waals surface area contributed by atoms with Gasteiger partial charge in [0.1, 0.15) is 0 Å². The third-order valence-electron chi connectivity index (χ3n) is 4.46. The topological polar surface area (TPSA) is 70.6 Å². The highest BCUT2D eigenvalue weighted by molar-refractivity contribution is 5.97. The molecule has 1 saturated carbocycles. The highest BCUT2D eigenvalue weighted by Gasteiger charge is 2.29. The molecule has 1 aliphatic carbocycles. The number of amides is 2. The minimum atomic E-state index is -0.288. The molecule has 2 aromatic rings. The van der Waals surface area contributed by atoms with Crippen LogP contribution >= 0.6 is 0 Å². The lowest BCUT2D eigenvalue weighted by Crippen LogP contribution is -2.18. The summed E-state index contributed by atoms with van der Waals surface area (Å²) >= 11 is 0. The SMILES string of the molecule is Cc1cc(C)c(C=NNC(=O)c2ccc(NC(=O)C3CC3)cc2)c(C)c1. The molecule has 0 bridgehead atoms. The van der Waals surface area contributed by atoms with E-state index in [1.165, 1.54) is 5.56 Å². The van der Waals surface area contributed by atoms with Crippen molar-refractivity contribution < 1.29 is 9.59 Å². The van der Waals surface area contributed by atoms with Gasteiger partial charge < -0.3 is 5.32 Å². The van der Waals surface area contributed by atoms with Crippen molar-refractivity contribution in [3.8, 4) is 0 Å². The Hall–Kier alpha value is -2.95. The van der Waals surface area contributed by atoms with Gasteiger partial charge in [0.05, 0.1) is 6.21 Å². The lowest BCUT2D eigenvalue weighted by molar-refractivity contribution is -0.117. The summed E-state index contributed by atoms with van der Waals surface area (Å²) in [6.07, 6.45) is 3.60. The molecule has 0 heterocycles. The summed E-state index contributed by atoms with van der Waals surface area (Å²) in [6.45, 7) is 6.11. The summed E-state index contributed by atoms with van der Waals surface area (Å²) in [6, 6.07) is 11.0. The Morgan fingerprint density at radius 3 is 2.23 bits per heavy atom. The zero-order chi connectivity index (χ0) is 18.7. The van der Waals surface area contributed by atoms with E-state index < -0.39 is 0 Å². The smallest absolute Gasteiger partial charge is 0.271 e. The average molecular weight is 349 g/mol. The van der Waals surface area contributed by atoms with Gasteiger partial charge in [0.25, 0.3) is 5.91 Å². The van der Waals surface area contributed by atoms with Gasteiger partial charge in [0, 0.05) is 22.7 Å². The Balaban J connectivity index is 1.60. The maximum Gasteiger partial charge on any atom is 0.271 e. The maximum atomic E-state index is 12.2.